The molecule has 0 spiro atoms. The zero-order valence-electron chi connectivity index (χ0n) is 13.3. The number of anilines is 1. The lowest BCUT2D eigenvalue weighted by atomic mass is 10.1. The molecule has 0 unspecified atom stereocenters. The van der Waals surface area contributed by atoms with Crippen LogP contribution in [0.3, 0.4) is 0 Å². The van der Waals surface area contributed by atoms with Gasteiger partial charge in [-0.05, 0) is 37.1 Å². The number of benzene rings is 2. The highest BCUT2D eigenvalue weighted by molar-refractivity contribution is 7.17. The molecule has 1 aromatic heterocycles. The van der Waals surface area contributed by atoms with Gasteiger partial charge in [-0.1, -0.05) is 31.2 Å². The second-order valence-corrected chi connectivity index (χ2v) is 6.36. The van der Waals surface area contributed by atoms with Crippen molar-refractivity contribution in [1.82, 2.24) is 0 Å². The predicted octanol–water partition coefficient (Wildman–Crippen LogP) is 5.25. The quantitative estimate of drug-likeness (QED) is 0.695. The van der Waals surface area contributed by atoms with Crippen molar-refractivity contribution in [2.24, 2.45) is 0 Å². The highest BCUT2D eigenvalue weighted by atomic mass is 32.1. The Morgan fingerprint density at radius 2 is 2.04 bits per heavy atom. The van der Waals surface area contributed by atoms with Gasteiger partial charge in [-0.25, -0.2) is 0 Å². The molecule has 0 aliphatic carbocycles. The summed E-state index contributed by atoms with van der Waals surface area (Å²) >= 11 is 1.58. The molecule has 2 aromatic carbocycles. The summed E-state index contributed by atoms with van der Waals surface area (Å²) in [5.74, 6) is 0.618. The first-order valence-electron chi connectivity index (χ1n) is 7.70. The van der Waals surface area contributed by atoms with Crippen molar-refractivity contribution in [3.05, 3.63) is 59.0 Å². The van der Waals surface area contributed by atoms with E-state index >= 15 is 0 Å². The normalized spacial score (nSPS) is 10.7. The van der Waals surface area contributed by atoms with Crippen LogP contribution in [-0.2, 0) is 0 Å². The molecule has 118 valence electrons. The third-order valence-electron chi connectivity index (χ3n) is 3.57. The molecule has 4 heteroatoms. The molecular weight excluding hydrogens is 306 g/mol. The SMILES string of the molecule is CCCOc1cc(C)ccc1NC(=O)c1csc2ccccc12. The smallest absolute Gasteiger partial charge is 0.257 e. The number of hydrogen-bond donors (Lipinski definition) is 1. The summed E-state index contributed by atoms with van der Waals surface area (Å²) in [6.45, 7) is 4.70. The molecule has 3 nitrogen and oxygen atoms in total. The number of aryl methyl sites for hydroxylation is 1. The summed E-state index contributed by atoms with van der Waals surface area (Å²) in [7, 11) is 0. The Kier molecular flexibility index (Phi) is 4.63. The Labute approximate surface area is 139 Å². The predicted molar refractivity (Wildman–Crippen MR) is 96.7 cm³/mol. The first-order chi connectivity index (χ1) is 11.2. The fourth-order valence-electron chi connectivity index (χ4n) is 2.41. The number of fused-ring (bicyclic) bond motifs is 1. The summed E-state index contributed by atoms with van der Waals surface area (Å²) in [5.41, 5.74) is 2.52. The molecule has 0 atom stereocenters. The third-order valence-corrected chi connectivity index (χ3v) is 4.54. The van der Waals surface area contributed by atoms with E-state index in [1.54, 1.807) is 11.3 Å². The molecule has 0 radical (unpaired) electrons. The lowest BCUT2D eigenvalue weighted by Gasteiger charge is -2.13. The Bertz CT molecular complexity index is 838. The number of amides is 1. The van der Waals surface area contributed by atoms with Crippen molar-refractivity contribution in [1.29, 1.82) is 0 Å². The third kappa shape index (κ3) is 3.37. The molecule has 23 heavy (non-hydrogen) atoms. The molecule has 0 saturated carbocycles. The highest BCUT2D eigenvalue weighted by Gasteiger charge is 2.14. The average molecular weight is 325 g/mol. The molecule has 1 heterocycles. The zero-order valence-corrected chi connectivity index (χ0v) is 14.1. The van der Waals surface area contributed by atoms with Gasteiger partial charge in [0.2, 0.25) is 0 Å². The second-order valence-electron chi connectivity index (χ2n) is 5.45. The molecule has 0 fully saturated rings. The summed E-state index contributed by atoms with van der Waals surface area (Å²) in [5, 5.41) is 5.87. The summed E-state index contributed by atoms with van der Waals surface area (Å²) in [4.78, 5) is 12.6. The van der Waals surface area contributed by atoms with Crippen molar-refractivity contribution in [3.63, 3.8) is 0 Å². The van der Waals surface area contributed by atoms with Gasteiger partial charge in [-0.15, -0.1) is 11.3 Å². The molecular formula is C19H19NO2S. The number of nitrogens with one attached hydrogen (secondary N) is 1. The van der Waals surface area contributed by atoms with Gasteiger partial charge in [0.1, 0.15) is 5.75 Å². The van der Waals surface area contributed by atoms with Crippen LogP contribution in [0.15, 0.2) is 47.8 Å². The standard InChI is InChI=1S/C19H19NO2S/c1-3-10-22-17-11-13(2)8-9-16(17)20-19(21)15-12-23-18-7-5-4-6-14(15)18/h4-9,11-12H,3,10H2,1-2H3,(H,20,21). The maximum absolute atomic E-state index is 12.6. The number of ether oxygens (including phenoxy) is 1. The van der Waals surface area contributed by atoms with Crippen molar-refractivity contribution in [2.45, 2.75) is 20.3 Å². The molecule has 1 amide bonds. The molecule has 3 rings (SSSR count). The van der Waals surface area contributed by atoms with Crippen molar-refractivity contribution >= 4 is 33.0 Å². The number of carbonyl (C=O) groups is 1. The van der Waals surface area contributed by atoms with Gasteiger partial charge < -0.3 is 10.1 Å². The highest BCUT2D eigenvalue weighted by Crippen LogP contribution is 2.29. The average Bonchev–Trinajstić information content (AvgIpc) is 2.99. The molecule has 3 aromatic rings. The molecule has 0 bridgehead atoms. The van der Waals surface area contributed by atoms with E-state index in [0.29, 0.717) is 17.9 Å². The molecule has 0 saturated heterocycles. The molecule has 0 aliphatic heterocycles. The van der Waals surface area contributed by atoms with Gasteiger partial charge in [-0.2, -0.15) is 0 Å². The van der Waals surface area contributed by atoms with Crippen LogP contribution in [0.1, 0.15) is 29.3 Å². The van der Waals surface area contributed by atoms with Gasteiger partial charge in [-0.3, -0.25) is 4.79 Å². The summed E-state index contributed by atoms with van der Waals surface area (Å²) in [6.07, 6.45) is 0.927. The van der Waals surface area contributed by atoms with Gasteiger partial charge in [0.15, 0.2) is 0 Å². The number of rotatable bonds is 5. The van der Waals surface area contributed by atoms with Gasteiger partial charge >= 0.3 is 0 Å². The van der Waals surface area contributed by atoms with Crippen molar-refractivity contribution < 1.29 is 9.53 Å². The largest absolute Gasteiger partial charge is 0.491 e. The number of thiophene rings is 1. The van der Waals surface area contributed by atoms with Crippen LogP contribution in [0.4, 0.5) is 5.69 Å². The van der Waals surface area contributed by atoms with E-state index in [4.69, 9.17) is 4.74 Å². The molecule has 1 N–H and O–H groups in total. The van der Waals surface area contributed by atoms with Crippen molar-refractivity contribution in [2.75, 3.05) is 11.9 Å². The molecule has 0 aliphatic rings. The van der Waals surface area contributed by atoms with Crippen LogP contribution < -0.4 is 10.1 Å². The minimum Gasteiger partial charge on any atom is -0.491 e. The van der Waals surface area contributed by atoms with Gasteiger partial charge in [0.05, 0.1) is 17.9 Å². The van der Waals surface area contributed by atoms with E-state index in [2.05, 4.69) is 12.2 Å². The van der Waals surface area contributed by atoms with Crippen molar-refractivity contribution in [3.8, 4) is 5.75 Å². The summed E-state index contributed by atoms with van der Waals surface area (Å²) < 4.78 is 6.88. The van der Waals surface area contributed by atoms with Crippen LogP contribution in [-0.4, -0.2) is 12.5 Å². The lowest BCUT2D eigenvalue weighted by molar-refractivity contribution is 0.102. The van der Waals surface area contributed by atoms with E-state index in [1.165, 1.54) is 0 Å². The van der Waals surface area contributed by atoms with E-state index in [-0.39, 0.29) is 5.91 Å². The Morgan fingerprint density at radius 1 is 1.22 bits per heavy atom. The minimum absolute atomic E-state index is 0.104. The maximum Gasteiger partial charge on any atom is 0.257 e. The topological polar surface area (TPSA) is 38.3 Å². The fraction of sp³-hybridized carbons (Fsp3) is 0.211. The van der Waals surface area contributed by atoms with Crippen LogP contribution in [0.2, 0.25) is 0 Å². The fourth-order valence-corrected chi connectivity index (χ4v) is 3.35. The Morgan fingerprint density at radius 3 is 2.87 bits per heavy atom. The van der Waals surface area contributed by atoms with Gasteiger partial charge in [0.25, 0.3) is 5.91 Å². The second kappa shape index (κ2) is 6.84. The zero-order chi connectivity index (χ0) is 16.2. The van der Waals surface area contributed by atoms with E-state index in [0.717, 1.165) is 27.8 Å². The summed E-state index contributed by atoms with van der Waals surface area (Å²) in [6, 6.07) is 13.8. The Balaban J connectivity index is 1.88. The van der Waals surface area contributed by atoms with E-state index in [9.17, 15) is 4.79 Å². The maximum atomic E-state index is 12.6. The van der Waals surface area contributed by atoms with Crippen LogP contribution in [0.25, 0.3) is 10.1 Å². The Hall–Kier alpha value is -2.33. The monoisotopic (exact) mass is 325 g/mol. The van der Waals surface area contributed by atoms with Crippen LogP contribution >= 0.6 is 11.3 Å². The number of hydrogen-bond acceptors (Lipinski definition) is 3. The van der Waals surface area contributed by atoms with Gasteiger partial charge in [0, 0.05) is 15.5 Å². The number of carbonyl (C=O) groups excluding carboxylic acids is 1. The first-order valence-corrected chi connectivity index (χ1v) is 8.58. The lowest BCUT2D eigenvalue weighted by Crippen LogP contribution is -2.12. The van der Waals surface area contributed by atoms with E-state index < -0.39 is 0 Å². The minimum atomic E-state index is -0.104. The first kappa shape index (κ1) is 15.6. The van der Waals surface area contributed by atoms with E-state index in [1.807, 2.05) is 54.8 Å². The van der Waals surface area contributed by atoms with Crippen LogP contribution in [0.5, 0.6) is 5.75 Å². The van der Waals surface area contributed by atoms with Crippen LogP contribution in [0, 0.1) is 6.92 Å².